The van der Waals surface area contributed by atoms with Crippen LogP contribution in [0.4, 0.5) is 9.52 Å². The lowest BCUT2D eigenvalue weighted by Crippen LogP contribution is -2.11. The molecule has 3 aromatic rings. The predicted octanol–water partition coefficient (Wildman–Crippen LogP) is 3.52. The van der Waals surface area contributed by atoms with Crippen LogP contribution in [0.3, 0.4) is 0 Å². The minimum atomic E-state index is -0.377. The Labute approximate surface area is 130 Å². The number of hydrogen-bond acceptors (Lipinski definition) is 4. The molecule has 3 rings (SSSR count). The largest absolute Gasteiger partial charge is 0.296 e. The van der Waals surface area contributed by atoms with Crippen LogP contribution in [0.2, 0.25) is 0 Å². The Hall–Kier alpha value is -2.60. The van der Waals surface area contributed by atoms with Crippen LogP contribution in [0.1, 0.15) is 20.9 Å². The number of rotatable bonds is 4. The fraction of sp³-hybridized carbons (Fsp3) is 0.0625. The molecule has 2 aromatic carbocycles. The van der Waals surface area contributed by atoms with Gasteiger partial charge in [-0.15, -0.1) is 10.2 Å². The van der Waals surface area contributed by atoms with Gasteiger partial charge in [-0.05, 0) is 29.8 Å². The van der Waals surface area contributed by atoms with Crippen LogP contribution in [0.25, 0.3) is 0 Å². The number of hydrogen-bond donors (Lipinski definition) is 1. The zero-order valence-electron chi connectivity index (χ0n) is 11.5. The molecule has 0 aliphatic carbocycles. The molecule has 0 radical (unpaired) electrons. The van der Waals surface area contributed by atoms with Crippen molar-refractivity contribution in [3.8, 4) is 0 Å². The monoisotopic (exact) mass is 313 g/mol. The number of benzene rings is 2. The predicted molar refractivity (Wildman–Crippen MR) is 83.5 cm³/mol. The Morgan fingerprint density at radius 1 is 1.05 bits per heavy atom. The molecule has 0 fully saturated rings. The van der Waals surface area contributed by atoms with Gasteiger partial charge in [0.2, 0.25) is 5.13 Å². The Morgan fingerprint density at radius 2 is 1.77 bits per heavy atom. The summed E-state index contributed by atoms with van der Waals surface area (Å²) >= 11 is 1.33. The summed E-state index contributed by atoms with van der Waals surface area (Å²) < 4.78 is 12.8. The van der Waals surface area contributed by atoms with Crippen LogP contribution < -0.4 is 5.32 Å². The highest BCUT2D eigenvalue weighted by molar-refractivity contribution is 7.15. The number of carbonyl (C=O) groups is 1. The standard InChI is InChI=1S/C16H12FN3OS/c17-13-8-6-12(7-9-13)15(21)18-16-20-19-14(22-16)10-11-4-2-1-3-5-11/h1-9H,10H2,(H,18,20,21). The summed E-state index contributed by atoms with van der Waals surface area (Å²) in [5.74, 6) is -0.708. The van der Waals surface area contributed by atoms with E-state index in [1.165, 1.54) is 35.6 Å². The zero-order valence-corrected chi connectivity index (χ0v) is 12.3. The first-order valence-corrected chi connectivity index (χ1v) is 7.45. The van der Waals surface area contributed by atoms with Gasteiger partial charge in [0.25, 0.3) is 5.91 Å². The van der Waals surface area contributed by atoms with Gasteiger partial charge in [-0.25, -0.2) is 4.39 Å². The van der Waals surface area contributed by atoms with Gasteiger partial charge < -0.3 is 0 Å². The molecular weight excluding hydrogens is 301 g/mol. The number of anilines is 1. The van der Waals surface area contributed by atoms with Gasteiger partial charge in [0, 0.05) is 12.0 Å². The van der Waals surface area contributed by atoms with Gasteiger partial charge >= 0.3 is 0 Å². The van der Waals surface area contributed by atoms with E-state index in [0.29, 0.717) is 17.1 Å². The first kappa shape index (κ1) is 14.3. The molecule has 1 heterocycles. The quantitative estimate of drug-likeness (QED) is 0.802. The van der Waals surface area contributed by atoms with E-state index in [4.69, 9.17) is 0 Å². The van der Waals surface area contributed by atoms with Crippen molar-refractivity contribution < 1.29 is 9.18 Å². The van der Waals surface area contributed by atoms with Crippen LogP contribution in [-0.4, -0.2) is 16.1 Å². The fourth-order valence-corrected chi connectivity index (χ4v) is 2.69. The van der Waals surface area contributed by atoms with Crippen molar-refractivity contribution in [2.45, 2.75) is 6.42 Å². The summed E-state index contributed by atoms with van der Waals surface area (Å²) in [6.45, 7) is 0. The van der Waals surface area contributed by atoms with Gasteiger partial charge in [0.05, 0.1) is 0 Å². The first-order chi connectivity index (χ1) is 10.7. The van der Waals surface area contributed by atoms with Crippen molar-refractivity contribution in [3.63, 3.8) is 0 Å². The lowest BCUT2D eigenvalue weighted by molar-refractivity contribution is 0.102. The Bertz CT molecular complexity index is 772. The molecule has 1 amide bonds. The van der Waals surface area contributed by atoms with Crippen molar-refractivity contribution in [2.24, 2.45) is 0 Å². The molecule has 0 aliphatic rings. The summed E-state index contributed by atoms with van der Waals surface area (Å²) in [5, 5.41) is 11.9. The molecule has 110 valence electrons. The number of amides is 1. The molecule has 4 nitrogen and oxygen atoms in total. The lowest BCUT2D eigenvalue weighted by Gasteiger charge is -2.00. The molecule has 0 saturated heterocycles. The van der Waals surface area contributed by atoms with E-state index in [1.54, 1.807) is 0 Å². The summed E-state index contributed by atoms with van der Waals surface area (Å²) in [4.78, 5) is 12.0. The van der Waals surface area contributed by atoms with Crippen LogP contribution in [0.5, 0.6) is 0 Å². The first-order valence-electron chi connectivity index (χ1n) is 6.64. The summed E-state index contributed by atoms with van der Waals surface area (Å²) in [6.07, 6.45) is 0.672. The maximum Gasteiger partial charge on any atom is 0.257 e. The second-order valence-electron chi connectivity index (χ2n) is 4.62. The van der Waals surface area contributed by atoms with Crippen molar-refractivity contribution >= 4 is 22.4 Å². The molecule has 0 spiro atoms. The van der Waals surface area contributed by atoms with E-state index in [2.05, 4.69) is 15.5 Å². The Kier molecular flexibility index (Phi) is 4.20. The second-order valence-corrected chi connectivity index (χ2v) is 5.69. The Morgan fingerprint density at radius 3 is 2.50 bits per heavy atom. The average Bonchev–Trinajstić information content (AvgIpc) is 2.96. The minimum Gasteiger partial charge on any atom is -0.296 e. The molecule has 0 saturated carbocycles. The fourth-order valence-electron chi connectivity index (χ4n) is 1.92. The second kappa shape index (κ2) is 6.44. The molecule has 0 unspecified atom stereocenters. The number of halogens is 1. The van der Waals surface area contributed by atoms with Gasteiger partial charge in [0.1, 0.15) is 10.8 Å². The Balaban J connectivity index is 1.66. The van der Waals surface area contributed by atoms with E-state index >= 15 is 0 Å². The van der Waals surface area contributed by atoms with Crippen molar-refractivity contribution in [3.05, 3.63) is 76.5 Å². The smallest absolute Gasteiger partial charge is 0.257 e. The van der Waals surface area contributed by atoms with E-state index in [9.17, 15) is 9.18 Å². The number of aromatic nitrogens is 2. The molecular formula is C16H12FN3OS. The van der Waals surface area contributed by atoms with Crippen LogP contribution in [0.15, 0.2) is 54.6 Å². The molecule has 1 aromatic heterocycles. The van der Waals surface area contributed by atoms with Crippen molar-refractivity contribution in [1.29, 1.82) is 0 Å². The summed E-state index contributed by atoms with van der Waals surface area (Å²) in [6, 6.07) is 15.3. The van der Waals surface area contributed by atoms with Gasteiger partial charge in [-0.1, -0.05) is 41.7 Å². The lowest BCUT2D eigenvalue weighted by atomic mass is 10.2. The summed E-state index contributed by atoms with van der Waals surface area (Å²) in [7, 11) is 0. The molecule has 0 atom stereocenters. The topological polar surface area (TPSA) is 54.9 Å². The highest BCUT2D eigenvalue weighted by Crippen LogP contribution is 2.19. The van der Waals surface area contributed by atoms with Gasteiger partial charge in [0.15, 0.2) is 0 Å². The summed E-state index contributed by atoms with van der Waals surface area (Å²) in [5.41, 5.74) is 1.51. The average molecular weight is 313 g/mol. The number of nitrogens with zero attached hydrogens (tertiary/aromatic N) is 2. The van der Waals surface area contributed by atoms with E-state index in [1.807, 2.05) is 30.3 Å². The molecule has 6 heteroatoms. The molecule has 0 aliphatic heterocycles. The number of carbonyl (C=O) groups excluding carboxylic acids is 1. The highest BCUT2D eigenvalue weighted by Gasteiger charge is 2.10. The maximum absolute atomic E-state index is 12.8. The van der Waals surface area contributed by atoms with Crippen molar-refractivity contribution in [2.75, 3.05) is 5.32 Å². The highest BCUT2D eigenvalue weighted by atomic mass is 32.1. The third kappa shape index (κ3) is 3.53. The zero-order chi connectivity index (χ0) is 15.4. The van der Waals surface area contributed by atoms with E-state index in [0.717, 1.165) is 10.6 Å². The van der Waals surface area contributed by atoms with Crippen LogP contribution in [-0.2, 0) is 6.42 Å². The van der Waals surface area contributed by atoms with Crippen molar-refractivity contribution in [1.82, 2.24) is 10.2 Å². The molecule has 1 N–H and O–H groups in total. The SMILES string of the molecule is O=C(Nc1nnc(Cc2ccccc2)s1)c1ccc(F)cc1. The van der Waals surface area contributed by atoms with Gasteiger partial charge in [-0.2, -0.15) is 0 Å². The van der Waals surface area contributed by atoms with Crippen LogP contribution in [0, 0.1) is 5.82 Å². The minimum absolute atomic E-state index is 0.331. The third-order valence-corrected chi connectivity index (χ3v) is 3.83. The third-order valence-electron chi connectivity index (χ3n) is 2.99. The van der Waals surface area contributed by atoms with E-state index in [-0.39, 0.29) is 11.7 Å². The maximum atomic E-state index is 12.8. The normalized spacial score (nSPS) is 10.4. The van der Waals surface area contributed by atoms with E-state index < -0.39 is 0 Å². The van der Waals surface area contributed by atoms with Gasteiger partial charge in [-0.3, -0.25) is 10.1 Å². The van der Waals surface area contributed by atoms with Crippen LogP contribution >= 0.6 is 11.3 Å². The molecule has 0 bridgehead atoms. The molecule has 22 heavy (non-hydrogen) atoms. The number of nitrogens with one attached hydrogen (secondary N) is 1.